The third-order valence-electron chi connectivity index (χ3n) is 3.89. The number of benzene rings is 1. The van der Waals surface area contributed by atoms with E-state index in [1.807, 2.05) is 31.2 Å². The molecule has 1 aromatic heterocycles. The largest absolute Gasteiger partial charge is 0.493 e. The molecule has 1 aliphatic heterocycles. The van der Waals surface area contributed by atoms with Crippen molar-refractivity contribution in [1.29, 1.82) is 0 Å². The van der Waals surface area contributed by atoms with Gasteiger partial charge in [-0.05, 0) is 26.1 Å². The first-order valence-electron chi connectivity index (χ1n) is 8.32. The number of morpholine rings is 1. The van der Waals surface area contributed by atoms with Crippen LogP contribution in [0.1, 0.15) is 12.8 Å². The van der Waals surface area contributed by atoms with Crippen molar-refractivity contribution in [1.82, 2.24) is 20.4 Å². The molecule has 0 aliphatic carbocycles. The summed E-state index contributed by atoms with van der Waals surface area (Å²) < 4.78 is 16.7. The second-order valence-corrected chi connectivity index (χ2v) is 5.83. The van der Waals surface area contributed by atoms with E-state index in [9.17, 15) is 0 Å². The summed E-state index contributed by atoms with van der Waals surface area (Å²) in [5.74, 6) is 1.86. The molecule has 3 rings (SSSR count). The van der Waals surface area contributed by atoms with Crippen LogP contribution in [-0.2, 0) is 11.3 Å². The molecule has 7 heteroatoms. The molecule has 0 radical (unpaired) electrons. The van der Waals surface area contributed by atoms with Gasteiger partial charge in [-0.2, -0.15) is 4.98 Å². The Morgan fingerprint density at radius 3 is 3.08 bits per heavy atom. The predicted molar refractivity (Wildman–Crippen MR) is 89.8 cm³/mol. The van der Waals surface area contributed by atoms with E-state index in [0.717, 1.165) is 37.6 Å². The average Bonchev–Trinajstić information content (AvgIpc) is 3.04. The molecule has 0 amide bonds. The van der Waals surface area contributed by atoms with Crippen LogP contribution in [0.2, 0.25) is 0 Å². The summed E-state index contributed by atoms with van der Waals surface area (Å²) in [6, 6.07) is 7.70. The first-order chi connectivity index (χ1) is 11.8. The van der Waals surface area contributed by atoms with Crippen molar-refractivity contribution in [2.24, 2.45) is 0 Å². The molecule has 1 fully saturated rings. The highest BCUT2D eigenvalue weighted by Crippen LogP contribution is 2.27. The lowest BCUT2D eigenvalue weighted by atomic mass is 10.2. The summed E-state index contributed by atoms with van der Waals surface area (Å²) in [6.45, 7) is 6.53. The minimum Gasteiger partial charge on any atom is -0.493 e. The van der Waals surface area contributed by atoms with Gasteiger partial charge >= 0.3 is 0 Å². The summed E-state index contributed by atoms with van der Waals surface area (Å²) in [5.41, 5.74) is 0.839. The predicted octanol–water partition coefficient (Wildman–Crippen LogP) is 1.56. The molecule has 2 heterocycles. The summed E-state index contributed by atoms with van der Waals surface area (Å²) in [5, 5.41) is 7.38. The monoisotopic (exact) mass is 332 g/mol. The molecule has 1 N–H and O–H groups in total. The molecule has 0 spiro atoms. The molecule has 2 aromatic rings. The fourth-order valence-corrected chi connectivity index (χ4v) is 2.70. The molecular weight excluding hydrogens is 308 g/mol. The normalized spacial score (nSPS) is 18.7. The first kappa shape index (κ1) is 16.9. The Balaban J connectivity index is 1.56. The van der Waals surface area contributed by atoms with Gasteiger partial charge in [-0.1, -0.05) is 17.3 Å². The smallest absolute Gasteiger partial charge is 0.240 e. The molecule has 1 saturated heterocycles. The number of nitrogens with one attached hydrogen (secondary N) is 1. The minimum atomic E-state index is 0.199. The lowest BCUT2D eigenvalue weighted by molar-refractivity contribution is -0.0184. The highest BCUT2D eigenvalue weighted by atomic mass is 16.5. The van der Waals surface area contributed by atoms with Gasteiger partial charge in [0.15, 0.2) is 0 Å². The van der Waals surface area contributed by atoms with E-state index in [1.54, 1.807) is 0 Å². The molecular formula is C17H24N4O3. The summed E-state index contributed by atoms with van der Waals surface area (Å²) in [6.07, 6.45) is 0.199. The Morgan fingerprint density at radius 1 is 1.38 bits per heavy atom. The van der Waals surface area contributed by atoms with E-state index < -0.39 is 0 Å². The Labute approximate surface area is 141 Å². The number of para-hydroxylation sites is 1. The van der Waals surface area contributed by atoms with E-state index in [0.29, 0.717) is 24.9 Å². The van der Waals surface area contributed by atoms with E-state index in [4.69, 9.17) is 14.0 Å². The number of nitrogens with zero attached hydrogens (tertiary/aromatic N) is 3. The Bertz CT molecular complexity index is 646. The molecule has 1 aromatic carbocycles. The average molecular weight is 332 g/mol. The van der Waals surface area contributed by atoms with Gasteiger partial charge in [0.05, 0.1) is 31.4 Å². The van der Waals surface area contributed by atoms with Crippen molar-refractivity contribution in [3.8, 4) is 17.1 Å². The van der Waals surface area contributed by atoms with Gasteiger partial charge < -0.3 is 24.2 Å². The highest BCUT2D eigenvalue weighted by Gasteiger charge is 2.18. The van der Waals surface area contributed by atoms with Gasteiger partial charge in [-0.15, -0.1) is 0 Å². The quantitative estimate of drug-likeness (QED) is 0.825. The van der Waals surface area contributed by atoms with Crippen molar-refractivity contribution in [2.45, 2.75) is 19.6 Å². The van der Waals surface area contributed by atoms with E-state index in [-0.39, 0.29) is 6.10 Å². The minimum absolute atomic E-state index is 0.199. The maximum absolute atomic E-state index is 5.72. The van der Waals surface area contributed by atoms with Crippen molar-refractivity contribution < 1.29 is 14.0 Å². The zero-order valence-corrected chi connectivity index (χ0v) is 14.2. The van der Waals surface area contributed by atoms with Crippen molar-refractivity contribution in [3.05, 3.63) is 30.2 Å². The SMILES string of the molecule is CCOc1ccccc1-c1noc(CNC[C@@H]2CN(C)CCO2)n1. The maximum atomic E-state index is 5.72. The van der Waals surface area contributed by atoms with Crippen LogP contribution in [0, 0.1) is 0 Å². The third-order valence-corrected chi connectivity index (χ3v) is 3.89. The molecule has 24 heavy (non-hydrogen) atoms. The fourth-order valence-electron chi connectivity index (χ4n) is 2.70. The topological polar surface area (TPSA) is 72.7 Å². The zero-order valence-electron chi connectivity index (χ0n) is 14.2. The number of ether oxygens (including phenoxy) is 2. The van der Waals surface area contributed by atoms with Gasteiger partial charge in [-0.3, -0.25) is 0 Å². The zero-order chi connectivity index (χ0) is 16.8. The standard InChI is InChI=1S/C17H24N4O3/c1-3-22-15-7-5-4-6-14(15)17-19-16(24-20-17)11-18-10-13-12-21(2)8-9-23-13/h4-7,13,18H,3,8-12H2,1-2H3/t13-/m1/s1. The maximum Gasteiger partial charge on any atom is 0.240 e. The molecule has 0 bridgehead atoms. The Morgan fingerprint density at radius 2 is 2.25 bits per heavy atom. The van der Waals surface area contributed by atoms with Gasteiger partial charge in [0.2, 0.25) is 11.7 Å². The van der Waals surface area contributed by atoms with Crippen LogP contribution in [-0.4, -0.2) is 61.0 Å². The van der Waals surface area contributed by atoms with Gasteiger partial charge in [0.25, 0.3) is 0 Å². The summed E-state index contributed by atoms with van der Waals surface area (Å²) in [7, 11) is 2.11. The lowest BCUT2D eigenvalue weighted by Gasteiger charge is -2.30. The Kier molecular flexibility index (Phi) is 5.79. The van der Waals surface area contributed by atoms with Gasteiger partial charge in [-0.25, -0.2) is 0 Å². The fraction of sp³-hybridized carbons (Fsp3) is 0.529. The van der Waals surface area contributed by atoms with E-state index >= 15 is 0 Å². The number of aromatic nitrogens is 2. The van der Waals surface area contributed by atoms with Crippen LogP contribution in [0.15, 0.2) is 28.8 Å². The lowest BCUT2D eigenvalue weighted by Crippen LogP contribution is -2.44. The van der Waals surface area contributed by atoms with Gasteiger partial charge in [0.1, 0.15) is 5.75 Å². The Hall–Kier alpha value is -1.96. The van der Waals surface area contributed by atoms with Crippen LogP contribution in [0.3, 0.4) is 0 Å². The third kappa shape index (κ3) is 4.31. The molecule has 0 unspecified atom stereocenters. The molecule has 130 valence electrons. The van der Waals surface area contributed by atoms with Crippen LogP contribution < -0.4 is 10.1 Å². The second-order valence-electron chi connectivity index (χ2n) is 5.83. The molecule has 0 saturated carbocycles. The number of hydrogen-bond donors (Lipinski definition) is 1. The highest BCUT2D eigenvalue weighted by molar-refractivity contribution is 5.63. The number of likely N-dealkylation sites (N-methyl/N-ethyl adjacent to an activating group) is 1. The van der Waals surface area contributed by atoms with Gasteiger partial charge in [0, 0.05) is 19.6 Å². The van der Waals surface area contributed by atoms with Crippen LogP contribution >= 0.6 is 0 Å². The van der Waals surface area contributed by atoms with Crippen LogP contribution in [0.25, 0.3) is 11.4 Å². The van der Waals surface area contributed by atoms with Crippen molar-refractivity contribution >= 4 is 0 Å². The molecule has 1 atom stereocenters. The number of rotatable bonds is 7. The van der Waals surface area contributed by atoms with Crippen molar-refractivity contribution in [2.75, 3.05) is 39.9 Å². The summed E-state index contributed by atoms with van der Waals surface area (Å²) in [4.78, 5) is 6.72. The van der Waals surface area contributed by atoms with E-state index in [2.05, 4.69) is 27.4 Å². The van der Waals surface area contributed by atoms with E-state index in [1.165, 1.54) is 0 Å². The molecule has 1 aliphatic rings. The first-order valence-corrected chi connectivity index (χ1v) is 8.32. The van der Waals surface area contributed by atoms with Crippen LogP contribution in [0.5, 0.6) is 5.75 Å². The van der Waals surface area contributed by atoms with Crippen LogP contribution in [0.4, 0.5) is 0 Å². The second kappa shape index (κ2) is 8.23. The summed E-state index contributed by atoms with van der Waals surface area (Å²) >= 11 is 0. The molecule has 7 nitrogen and oxygen atoms in total. The van der Waals surface area contributed by atoms with Crippen molar-refractivity contribution in [3.63, 3.8) is 0 Å². The number of hydrogen-bond acceptors (Lipinski definition) is 7.